The van der Waals surface area contributed by atoms with Crippen LogP contribution in [-0.2, 0) is 0 Å². The third kappa shape index (κ3) is 2.51. The SMILES string of the molecule is Cc1ccc(F)cc1C(NN)c1ncccc1Cl. The zero-order valence-electron chi connectivity index (χ0n) is 9.82. The van der Waals surface area contributed by atoms with Gasteiger partial charge in [-0.15, -0.1) is 0 Å². The third-order valence-corrected chi connectivity index (χ3v) is 3.10. The molecule has 0 aliphatic heterocycles. The van der Waals surface area contributed by atoms with Crippen molar-refractivity contribution < 1.29 is 4.39 Å². The number of hydrogen-bond acceptors (Lipinski definition) is 3. The molecule has 94 valence electrons. The highest BCUT2D eigenvalue weighted by Crippen LogP contribution is 2.28. The highest BCUT2D eigenvalue weighted by molar-refractivity contribution is 6.31. The van der Waals surface area contributed by atoms with Gasteiger partial charge in [0.25, 0.3) is 0 Å². The first-order chi connectivity index (χ1) is 8.63. The van der Waals surface area contributed by atoms with E-state index in [9.17, 15) is 4.39 Å². The Kier molecular flexibility index (Phi) is 3.91. The van der Waals surface area contributed by atoms with Crippen molar-refractivity contribution in [2.24, 2.45) is 5.84 Å². The van der Waals surface area contributed by atoms with Gasteiger partial charge in [-0.3, -0.25) is 10.8 Å². The van der Waals surface area contributed by atoms with Gasteiger partial charge in [0.15, 0.2) is 0 Å². The Morgan fingerprint density at radius 1 is 1.39 bits per heavy atom. The molecule has 0 saturated heterocycles. The van der Waals surface area contributed by atoms with Crippen LogP contribution >= 0.6 is 11.6 Å². The first-order valence-corrected chi connectivity index (χ1v) is 5.84. The number of halogens is 2. The Morgan fingerprint density at radius 3 is 2.83 bits per heavy atom. The summed E-state index contributed by atoms with van der Waals surface area (Å²) in [5.41, 5.74) is 4.85. The molecule has 0 fully saturated rings. The maximum absolute atomic E-state index is 13.3. The van der Waals surface area contributed by atoms with Crippen LogP contribution in [0, 0.1) is 12.7 Å². The minimum Gasteiger partial charge on any atom is -0.271 e. The Bertz CT molecular complexity index is 560. The second-order valence-electron chi connectivity index (χ2n) is 3.97. The molecule has 0 spiro atoms. The highest BCUT2D eigenvalue weighted by atomic mass is 35.5. The largest absolute Gasteiger partial charge is 0.271 e. The van der Waals surface area contributed by atoms with Crippen molar-refractivity contribution in [1.82, 2.24) is 10.4 Å². The standard InChI is InChI=1S/C13H13ClFN3/c1-8-4-5-9(15)7-10(8)12(18-16)13-11(14)3-2-6-17-13/h2-7,12,18H,16H2,1H3. The van der Waals surface area contributed by atoms with E-state index in [1.54, 1.807) is 24.4 Å². The first-order valence-electron chi connectivity index (χ1n) is 5.46. The molecule has 0 aliphatic rings. The van der Waals surface area contributed by atoms with Gasteiger partial charge in [0.05, 0.1) is 16.8 Å². The van der Waals surface area contributed by atoms with Crippen LogP contribution in [0.3, 0.4) is 0 Å². The summed E-state index contributed by atoms with van der Waals surface area (Å²) in [5, 5.41) is 0.490. The average Bonchev–Trinajstić information content (AvgIpc) is 2.36. The maximum Gasteiger partial charge on any atom is 0.123 e. The number of aromatic nitrogens is 1. The number of pyridine rings is 1. The molecule has 0 radical (unpaired) electrons. The second kappa shape index (κ2) is 5.44. The van der Waals surface area contributed by atoms with Crippen LogP contribution in [0.15, 0.2) is 36.5 Å². The lowest BCUT2D eigenvalue weighted by Crippen LogP contribution is -2.30. The van der Waals surface area contributed by atoms with E-state index >= 15 is 0 Å². The van der Waals surface area contributed by atoms with Crippen LogP contribution in [0.5, 0.6) is 0 Å². The zero-order valence-corrected chi connectivity index (χ0v) is 10.6. The molecule has 1 aromatic carbocycles. The van der Waals surface area contributed by atoms with Crippen molar-refractivity contribution in [3.63, 3.8) is 0 Å². The molecule has 2 aromatic rings. The topological polar surface area (TPSA) is 50.9 Å². The van der Waals surface area contributed by atoms with Gasteiger partial charge >= 0.3 is 0 Å². The van der Waals surface area contributed by atoms with Gasteiger partial charge in [-0.1, -0.05) is 17.7 Å². The highest BCUT2D eigenvalue weighted by Gasteiger charge is 2.19. The van der Waals surface area contributed by atoms with Crippen molar-refractivity contribution in [3.8, 4) is 0 Å². The summed E-state index contributed by atoms with van der Waals surface area (Å²) in [6.45, 7) is 1.88. The van der Waals surface area contributed by atoms with Gasteiger partial charge < -0.3 is 0 Å². The molecule has 0 amide bonds. The molecule has 1 heterocycles. The molecule has 0 aliphatic carbocycles. The molecule has 0 bridgehead atoms. The number of hydrogen-bond donors (Lipinski definition) is 2. The van der Waals surface area contributed by atoms with E-state index < -0.39 is 6.04 Å². The van der Waals surface area contributed by atoms with Gasteiger partial charge in [0, 0.05) is 6.20 Å². The normalized spacial score (nSPS) is 12.4. The van der Waals surface area contributed by atoms with Gasteiger partial charge in [0.2, 0.25) is 0 Å². The van der Waals surface area contributed by atoms with E-state index in [0.717, 1.165) is 11.1 Å². The minimum atomic E-state index is -0.436. The van der Waals surface area contributed by atoms with Crippen LogP contribution in [0.4, 0.5) is 4.39 Å². The quantitative estimate of drug-likeness (QED) is 0.663. The molecule has 5 heteroatoms. The molecule has 18 heavy (non-hydrogen) atoms. The molecule has 1 unspecified atom stereocenters. The molecule has 2 rings (SSSR count). The summed E-state index contributed by atoms with van der Waals surface area (Å²) in [4.78, 5) is 4.20. The van der Waals surface area contributed by atoms with Gasteiger partial charge in [0.1, 0.15) is 5.82 Å². The molecule has 1 aromatic heterocycles. The van der Waals surface area contributed by atoms with Crippen LogP contribution in [-0.4, -0.2) is 4.98 Å². The van der Waals surface area contributed by atoms with E-state index in [2.05, 4.69) is 10.4 Å². The predicted molar refractivity (Wildman–Crippen MR) is 69.6 cm³/mol. The van der Waals surface area contributed by atoms with Crippen LogP contribution < -0.4 is 11.3 Å². The van der Waals surface area contributed by atoms with Crippen molar-refractivity contribution in [1.29, 1.82) is 0 Å². The lowest BCUT2D eigenvalue weighted by molar-refractivity contribution is 0.595. The third-order valence-electron chi connectivity index (χ3n) is 2.78. The van der Waals surface area contributed by atoms with Gasteiger partial charge in [-0.05, 0) is 42.3 Å². The zero-order chi connectivity index (χ0) is 13.1. The monoisotopic (exact) mass is 265 g/mol. The summed E-state index contributed by atoms with van der Waals surface area (Å²) in [7, 11) is 0. The number of hydrazine groups is 1. The fourth-order valence-electron chi connectivity index (χ4n) is 1.85. The Hall–Kier alpha value is -1.49. The number of nitrogens with two attached hydrogens (primary N) is 1. The van der Waals surface area contributed by atoms with Gasteiger partial charge in [-0.2, -0.15) is 0 Å². The number of rotatable bonds is 3. The number of nitrogens with one attached hydrogen (secondary N) is 1. The lowest BCUT2D eigenvalue weighted by atomic mass is 9.98. The van der Waals surface area contributed by atoms with E-state index in [0.29, 0.717) is 10.7 Å². The fraction of sp³-hybridized carbons (Fsp3) is 0.154. The van der Waals surface area contributed by atoms with Crippen molar-refractivity contribution in [2.75, 3.05) is 0 Å². The van der Waals surface area contributed by atoms with Crippen LogP contribution in [0.25, 0.3) is 0 Å². The summed E-state index contributed by atoms with van der Waals surface area (Å²) in [6, 6.07) is 7.57. The molecular formula is C13H13ClFN3. The second-order valence-corrected chi connectivity index (χ2v) is 4.38. The number of aryl methyl sites for hydroxylation is 1. The van der Waals surface area contributed by atoms with Crippen molar-refractivity contribution in [3.05, 3.63) is 64.2 Å². The molecule has 3 nitrogen and oxygen atoms in total. The first kappa shape index (κ1) is 13.0. The Morgan fingerprint density at radius 2 is 2.17 bits per heavy atom. The maximum atomic E-state index is 13.3. The summed E-state index contributed by atoms with van der Waals surface area (Å²) in [5.74, 6) is 5.24. The van der Waals surface area contributed by atoms with Gasteiger partial charge in [-0.25, -0.2) is 9.82 Å². The van der Waals surface area contributed by atoms with E-state index in [4.69, 9.17) is 17.4 Å². The summed E-state index contributed by atoms with van der Waals surface area (Å²) >= 11 is 6.09. The molecular weight excluding hydrogens is 253 g/mol. The van der Waals surface area contributed by atoms with E-state index in [-0.39, 0.29) is 5.82 Å². The van der Waals surface area contributed by atoms with Crippen LogP contribution in [0.2, 0.25) is 5.02 Å². The molecule has 3 N–H and O–H groups in total. The summed E-state index contributed by atoms with van der Waals surface area (Å²) < 4.78 is 13.3. The van der Waals surface area contributed by atoms with Crippen molar-refractivity contribution >= 4 is 11.6 Å². The van der Waals surface area contributed by atoms with Crippen LogP contribution in [0.1, 0.15) is 22.9 Å². The Balaban J connectivity index is 2.52. The lowest BCUT2D eigenvalue weighted by Gasteiger charge is -2.19. The van der Waals surface area contributed by atoms with E-state index in [1.807, 2.05) is 6.92 Å². The average molecular weight is 266 g/mol. The predicted octanol–water partition coefficient (Wildman–Crippen LogP) is 2.74. The smallest absolute Gasteiger partial charge is 0.123 e. The fourth-order valence-corrected chi connectivity index (χ4v) is 2.08. The summed E-state index contributed by atoms with van der Waals surface area (Å²) in [6.07, 6.45) is 1.63. The number of nitrogens with zero attached hydrogens (tertiary/aromatic N) is 1. The molecule has 1 atom stereocenters. The minimum absolute atomic E-state index is 0.317. The Labute approximate surface area is 110 Å². The number of benzene rings is 1. The molecule has 0 saturated carbocycles. The van der Waals surface area contributed by atoms with E-state index in [1.165, 1.54) is 12.1 Å². The van der Waals surface area contributed by atoms with Crippen molar-refractivity contribution in [2.45, 2.75) is 13.0 Å².